The number of aryl methyl sites for hydroxylation is 2. The Kier molecular flexibility index (Phi) is 9.54. The molecule has 1 aliphatic rings. The lowest BCUT2D eigenvalue weighted by Crippen LogP contribution is -3.00. The van der Waals surface area contributed by atoms with Crippen LogP contribution in [0.5, 0.6) is 0 Å². The highest BCUT2D eigenvalue weighted by Crippen LogP contribution is 2.34. The van der Waals surface area contributed by atoms with Crippen LogP contribution in [-0.2, 0) is 18.4 Å². The number of likely N-dealkylation sites (N-methyl/N-ethyl adjacent to an activating group) is 1. The number of aromatic nitrogens is 3. The summed E-state index contributed by atoms with van der Waals surface area (Å²) < 4.78 is 16.1. The third-order valence-electron chi connectivity index (χ3n) is 8.04. The number of nitrogens with zero attached hydrogens (tertiary/aromatic N) is 4. The van der Waals surface area contributed by atoms with E-state index in [9.17, 15) is 24.1 Å². The highest BCUT2D eigenvalue weighted by Gasteiger charge is 2.33. The highest BCUT2D eigenvalue weighted by atomic mass is 79.9. The van der Waals surface area contributed by atoms with Crippen LogP contribution in [0.25, 0.3) is 11.6 Å². The van der Waals surface area contributed by atoms with Crippen LogP contribution in [0.4, 0.5) is 15.9 Å². The molecule has 13 heteroatoms. The summed E-state index contributed by atoms with van der Waals surface area (Å²) in [6.07, 6.45) is 1.64. The van der Waals surface area contributed by atoms with Crippen molar-refractivity contribution in [2.45, 2.75) is 41.2 Å². The molecular formula is C28H35BrFN7O4. The summed E-state index contributed by atoms with van der Waals surface area (Å²) >= 11 is 0. The van der Waals surface area contributed by atoms with Crippen LogP contribution in [0.15, 0.2) is 18.2 Å². The van der Waals surface area contributed by atoms with Gasteiger partial charge in [-0.1, -0.05) is 0 Å². The summed E-state index contributed by atoms with van der Waals surface area (Å²) in [5, 5.41) is 17.3. The predicted octanol–water partition coefficient (Wildman–Crippen LogP) is 1.00. The molecule has 0 fully saturated rings. The molecular weight excluding hydrogens is 597 g/mol. The number of anilines is 1. The predicted molar refractivity (Wildman–Crippen MR) is 150 cm³/mol. The molecule has 41 heavy (non-hydrogen) atoms. The largest absolute Gasteiger partial charge is 1.00 e. The summed E-state index contributed by atoms with van der Waals surface area (Å²) in [5.74, 6) is -0.591. The molecule has 3 N–H and O–H groups in total. The van der Waals surface area contributed by atoms with E-state index >= 15 is 0 Å². The molecule has 1 aromatic carbocycles. The number of hydrogen-bond donors (Lipinski definition) is 3. The van der Waals surface area contributed by atoms with E-state index in [0.717, 1.165) is 13.1 Å². The van der Waals surface area contributed by atoms with Gasteiger partial charge in [-0.15, -0.1) is 0 Å². The van der Waals surface area contributed by atoms with Gasteiger partial charge in [-0.25, -0.2) is 4.39 Å². The maximum absolute atomic E-state index is 13.8. The average Bonchev–Trinajstić information content (AvgIpc) is 3.48. The maximum atomic E-state index is 13.8. The van der Waals surface area contributed by atoms with Crippen LogP contribution < -0.4 is 27.6 Å². The van der Waals surface area contributed by atoms with E-state index in [1.165, 1.54) is 18.2 Å². The summed E-state index contributed by atoms with van der Waals surface area (Å²) in [6.45, 7) is 12.2. The molecule has 0 saturated heterocycles. The first-order valence-electron chi connectivity index (χ1n) is 13.2. The van der Waals surface area contributed by atoms with Gasteiger partial charge >= 0.3 is 5.82 Å². The van der Waals surface area contributed by atoms with Crippen LogP contribution in [0.3, 0.4) is 0 Å². The van der Waals surface area contributed by atoms with Crippen molar-refractivity contribution >= 4 is 35.0 Å². The normalized spacial score (nSPS) is 13.6. The van der Waals surface area contributed by atoms with E-state index in [-0.39, 0.29) is 34.6 Å². The van der Waals surface area contributed by atoms with Crippen LogP contribution in [0.1, 0.15) is 58.2 Å². The Bertz CT molecular complexity index is 1540. The number of fused-ring (bicyclic) bond motifs is 1. The molecule has 2 amide bonds. The minimum atomic E-state index is -0.446. The molecule has 0 radical (unpaired) electrons. The number of imidazole rings is 1. The zero-order chi connectivity index (χ0) is 29.4. The van der Waals surface area contributed by atoms with Crippen molar-refractivity contribution in [1.82, 2.24) is 19.9 Å². The number of benzene rings is 1. The Hall–Kier alpha value is -3.84. The molecule has 4 rings (SSSR count). The lowest BCUT2D eigenvalue weighted by molar-refractivity contribution is -0.937. The molecule has 0 bridgehead atoms. The number of hydrogen-bond acceptors (Lipinski definition) is 5. The molecule has 3 heterocycles. The Morgan fingerprint density at radius 2 is 1.93 bits per heavy atom. The molecule has 0 aliphatic carbocycles. The first kappa shape index (κ1) is 31.7. The number of carbonyl (C=O) groups is 2. The lowest BCUT2D eigenvalue weighted by atomic mass is 10.0. The van der Waals surface area contributed by atoms with Gasteiger partial charge in [0.2, 0.25) is 5.82 Å². The van der Waals surface area contributed by atoms with Crippen LogP contribution in [0.2, 0.25) is 0 Å². The molecule has 0 unspecified atom stereocenters. The second-order valence-electron chi connectivity index (χ2n) is 10.2. The summed E-state index contributed by atoms with van der Waals surface area (Å²) in [5.41, 5.74) is 4.28. The number of nitrogens with one attached hydrogen (secondary N) is 3. The fourth-order valence-electron chi connectivity index (χ4n) is 5.32. The van der Waals surface area contributed by atoms with Gasteiger partial charge in [0.25, 0.3) is 11.8 Å². The van der Waals surface area contributed by atoms with E-state index < -0.39 is 10.7 Å². The number of amides is 2. The topological polar surface area (TPSA) is 135 Å². The average molecular weight is 633 g/mol. The number of halogens is 2. The van der Waals surface area contributed by atoms with Crippen molar-refractivity contribution in [2.24, 2.45) is 7.05 Å². The molecule has 220 valence electrons. The Morgan fingerprint density at radius 1 is 1.24 bits per heavy atom. The van der Waals surface area contributed by atoms with Crippen LogP contribution in [0, 0.1) is 36.7 Å². The van der Waals surface area contributed by atoms with Gasteiger partial charge in [0.05, 0.1) is 37.3 Å². The van der Waals surface area contributed by atoms with Gasteiger partial charge in [0, 0.05) is 36.6 Å². The Morgan fingerprint density at radius 3 is 2.56 bits per heavy atom. The van der Waals surface area contributed by atoms with Gasteiger partial charge in [-0.2, -0.15) is 0 Å². The van der Waals surface area contributed by atoms with E-state index in [1.807, 2.05) is 13.8 Å². The first-order valence-corrected chi connectivity index (χ1v) is 13.2. The fraction of sp³-hybridized carbons (Fsp3) is 0.393. The Labute approximate surface area is 248 Å². The van der Waals surface area contributed by atoms with Gasteiger partial charge in [0.1, 0.15) is 12.4 Å². The molecule has 0 saturated carbocycles. The van der Waals surface area contributed by atoms with Crippen molar-refractivity contribution in [3.8, 4) is 0 Å². The van der Waals surface area contributed by atoms with Crippen LogP contribution >= 0.6 is 0 Å². The molecule has 2 aromatic heterocycles. The third-order valence-corrected chi connectivity index (χ3v) is 8.04. The van der Waals surface area contributed by atoms with Crippen molar-refractivity contribution in [1.29, 1.82) is 0 Å². The number of carbonyl (C=O) groups excluding carboxylic acids is 2. The van der Waals surface area contributed by atoms with E-state index in [4.69, 9.17) is 0 Å². The second kappa shape index (κ2) is 12.4. The number of H-pyrrole nitrogens is 1. The van der Waals surface area contributed by atoms with Crippen molar-refractivity contribution in [3.63, 3.8) is 0 Å². The fourth-order valence-corrected chi connectivity index (χ4v) is 5.32. The van der Waals surface area contributed by atoms with Crippen LogP contribution in [-0.4, -0.2) is 61.9 Å². The summed E-state index contributed by atoms with van der Waals surface area (Å²) in [7, 11) is 1.78. The standard InChI is InChI=1S/C28H34FN7O4.BrH/c1-7-36(8-2,15-24-26(35(39)40)32-18(5)34(24)6)12-11-30-28(38)25-16(3)23(31-17(25)4)14-21-20-13-19(29)9-10-22(20)33-27(21)37;/h9-10,13-14H,7-8,11-12,15H2,1-6H3,(H2-,30,31,33,37,38);1H. The highest BCUT2D eigenvalue weighted by molar-refractivity contribution is 6.34. The van der Waals surface area contributed by atoms with Gasteiger partial charge in [-0.05, 0) is 67.4 Å². The quantitative estimate of drug-likeness (QED) is 0.133. The van der Waals surface area contributed by atoms with E-state index in [0.29, 0.717) is 75.0 Å². The molecule has 0 atom stereocenters. The summed E-state index contributed by atoms with van der Waals surface area (Å²) in [4.78, 5) is 44.3. The zero-order valence-electron chi connectivity index (χ0n) is 24.0. The minimum Gasteiger partial charge on any atom is -1.00 e. The van der Waals surface area contributed by atoms with Gasteiger partial charge in [0.15, 0.2) is 5.69 Å². The van der Waals surface area contributed by atoms with Gasteiger partial charge < -0.3 is 51.8 Å². The molecule has 1 aliphatic heterocycles. The smallest absolute Gasteiger partial charge is 0.391 e. The third kappa shape index (κ3) is 6.10. The zero-order valence-corrected chi connectivity index (χ0v) is 25.6. The monoisotopic (exact) mass is 631 g/mol. The maximum Gasteiger partial charge on any atom is 0.391 e. The number of nitro groups is 1. The summed E-state index contributed by atoms with van der Waals surface area (Å²) in [6, 6.07) is 4.12. The van der Waals surface area contributed by atoms with E-state index in [2.05, 4.69) is 20.6 Å². The molecule has 0 spiro atoms. The molecule has 11 nitrogen and oxygen atoms in total. The number of rotatable bonds is 10. The van der Waals surface area contributed by atoms with Gasteiger partial charge in [-0.3, -0.25) is 9.59 Å². The first-order chi connectivity index (χ1) is 18.9. The second-order valence-corrected chi connectivity index (χ2v) is 10.2. The number of aromatic amines is 1. The van der Waals surface area contributed by atoms with Crippen molar-refractivity contribution in [2.75, 3.05) is 31.5 Å². The van der Waals surface area contributed by atoms with Crippen molar-refractivity contribution in [3.05, 3.63) is 73.7 Å². The number of quaternary nitrogens is 1. The van der Waals surface area contributed by atoms with Crippen molar-refractivity contribution < 1.29 is 40.4 Å². The Balaban J connectivity index is 0.00000462. The lowest BCUT2D eigenvalue weighted by Gasteiger charge is -2.36. The van der Waals surface area contributed by atoms with E-state index in [1.54, 1.807) is 38.5 Å². The molecule has 3 aromatic rings. The minimum absolute atomic E-state index is 0. The SMILES string of the molecule is CC[N+](CC)(CCNC(=O)c1c(C)[nH]c(C=C2C(=O)Nc3ccc(F)cc32)c1C)Cc1c([N+](=O)[O-])nc(C)n1C.[Br-].